The third-order valence-corrected chi connectivity index (χ3v) is 12.4. The first-order chi connectivity index (χ1) is 34.0. The molecule has 3 saturated heterocycles. The zero-order valence-corrected chi connectivity index (χ0v) is 39.1. The van der Waals surface area contributed by atoms with Gasteiger partial charge < -0.3 is 52.1 Å². The topological polar surface area (TPSA) is 111 Å². The molecule has 69 heavy (non-hydrogen) atoms. The molecule has 12 heteroatoms. The Kier molecular flexibility index (Phi) is 17.4. The van der Waals surface area contributed by atoms with Gasteiger partial charge in [0.25, 0.3) is 5.97 Å². The third kappa shape index (κ3) is 13.4. The van der Waals surface area contributed by atoms with Crippen LogP contribution in [0.4, 0.5) is 0 Å². The van der Waals surface area contributed by atoms with Crippen LogP contribution in [-0.4, -0.2) is 87.7 Å². The number of rotatable bonds is 23. The van der Waals surface area contributed by atoms with Crippen LogP contribution in [0, 0.1) is 0 Å². The fraction of sp³-hybridized carbons (Fsp3) is 0.368. The van der Waals surface area contributed by atoms with E-state index < -0.39 is 67.4 Å². The maximum absolute atomic E-state index is 6.83. The van der Waals surface area contributed by atoms with Crippen molar-refractivity contribution in [3.05, 3.63) is 215 Å². The van der Waals surface area contributed by atoms with E-state index in [1.807, 2.05) is 182 Å². The lowest BCUT2D eigenvalue weighted by Crippen LogP contribution is -2.62. The summed E-state index contributed by atoms with van der Waals surface area (Å²) in [5.74, 6) is -1.62. The van der Waals surface area contributed by atoms with E-state index in [1.54, 1.807) is 14.0 Å². The molecule has 9 rings (SSSR count). The Morgan fingerprint density at radius 3 is 1.19 bits per heavy atom. The van der Waals surface area contributed by atoms with Crippen LogP contribution >= 0.6 is 0 Å². The summed E-state index contributed by atoms with van der Waals surface area (Å²) in [7, 11) is 1.60. The monoisotopic (exact) mass is 938 g/mol. The van der Waals surface area contributed by atoms with E-state index in [1.165, 1.54) is 0 Å². The number of hydrogen-bond acceptors (Lipinski definition) is 12. The summed E-state index contributed by atoms with van der Waals surface area (Å²) in [5.41, 5.74) is 6.02. The molecule has 3 fully saturated rings. The first-order valence-corrected chi connectivity index (χ1v) is 23.7. The number of methoxy groups -OCH3 is 1. The summed E-state index contributed by atoms with van der Waals surface area (Å²) >= 11 is 0. The summed E-state index contributed by atoms with van der Waals surface area (Å²) in [6.07, 6.45) is -7.17. The van der Waals surface area contributed by atoms with Gasteiger partial charge in [0.1, 0.15) is 48.8 Å². The molecule has 6 aromatic carbocycles. The molecule has 362 valence electrons. The van der Waals surface area contributed by atoms with Gasteiger partial charge in [-0.1, -0.05) is 182 Å². The maximum Gasteiger partial charge on any atom is 0.282 e. The predicted octanol–water partition coefficient (Wildman–Crippen LogP) is 9.33. The first-order valence-electron chi connectivity index (χ1n) is 23.7. The molecule has 0 spiro atoms. The summed E-state index contributed by atoms with van der Waals surface area (Å²) in [6.45, 7) is 3.77. The molecule has 7 unspecified atom stereocenters. The van der Waals surface area contributed by atoms with Gasteiger partial charge in [-0.15, -0.1) is 0 Å². The minimum atomic E-state index is -1.62. The summed E-state index contributed by atoms with van der Waals surface area (Å²) in [5, 5.41) is 0. The highest BCUT2D eigenvalue weighted by Crippen LogP contribution is 2.41. The van der Waals surface area contributed by atoms with Crippen LogP contribution in [0.3, 0.4) is 0 Å². The first kappa shape index (κ1) is 48.8. The van der Waals surface area contributed by atoms with Crippen molar-refractivity contribution in [2.45, 2.75) is 114 Å². The fourth-order valence-corrected chi connectivity index (χ4v) is 8.88. The second-order valence-corrected chi connectivity index (χ2v) is 17.5. The molecule has 11 atom stereocenters. The van der Waals surface area contributed by atoms with Gasteiger partial charge in [0, 0.05) is 14.0 Å². The van der Waals surface area contributed by atoms with E-state index in [0.717, 1.165) is 33.4 Å². The van der Waals surface area contributed by atoms with Gasteiger partial charge in [-0.05, 0) is 33.4 Å². The lowest BCUT2D eigenvalue weighted by molar-refractivity contribution is -0.370. The predicted molar refractivity (Wildman–Crippen MR) is 256 cm³/mol. The summed E-state index contributed by atoms with van der Waals surface area (Å²) < 4.78 is 80.0. The van der Waals surface area contributed by atoms with Crippen molar-refractivity contribution in [1.29, 1.82) is 0 Å². The average molecular weight is 939 g/mol. The van der Waals surface area contributed by atoms with E-state index in [9.17, 15) is 0 Å². The normalized spacial score (nSPS) is 27.7. The zero-order valence-electron chi connectivity index (χ0n) is 39.1. The molecular weight excluding hydrogens is 877 g/mol. The van der Waals surface area contributed by atoms with Gasteiger partial charge in [-0.2, -0.15) is 0 Å². The Labute approximate surface area is 405 Å². The molecule has 0 radical (unpaired) electrons. The van der Waals surface area contributed by atoms with Crippen LogP contribution in [0.2, 0.25) is 0 Å². The summed E-state index contributed by atoms with van der Waals surface area (Å²) in [6, 6.07) is 60.0. The summed E-state index contributed by atoms with van der Waals surface area (Å²) in [4.78, 5) is 0. The Morgan fingerprint density at radius 2 is 0.754 bits per heavy atom. The zero-order chi connectivity index (χ0) is 47.1. The standard InChI is InChI=1S/C57H62O12/c1-57(65-40-48-50(61-35-43-25-13-5-14-26-43)51(62-36-44-27-15-6-16-28-44)53(55(58-2)66-48)64-38-46-31-19-8-20-32-46)68-54-52(63-37-45-29-17-7-18-30-45)49(60-34-42-23-11-4-12-24-42)47(67-56(54)69-57)39-59-33-41-21-9-3-10-22-41/h3-32,47-56H,33-40H2,1-2H3/t47?,48?,49-,50-,51?,52?,53?,54?,55+,56+,57?/m1/s1. The van der Waals surface area contributed by atoms with Gasteiger partial charge >= 0.3 is 0 Å². The smallest absolute Gasteiger partial charge is 0.282 e. The lowest BCUT2D eigenvalue weighted by Gasteiger charge is -2.46. The van der Waals surface area contributed by atoms with Crippen LogP contribution in [0.25, 0.3) is 0 Å². The molecule has 0 aliphatic carbocycles. The Hall–Kier alpha value is -5.16. The lowest BCUT2D eigenvalue weighted by atomic mass is 9.97. The molecule has 0 bridgehead atoms. The maximum atomic E-state index is 6.83. The average Bonchev–Trinajstić information content (AvgIpc) is 3.75. The molecule has 6 aromatic rings. The van der Waals surface area contributed by atoms with Gasteiger partial charge in [-0.3, -0.25) is 4.74 Å². The van der Waals surface area contributed by atoms with E-state index in [-0.39, 0.29) is 19.8 Å². The molecular formula is C57H62O12. The van der Waals surface area contributed by atoms with E-state index in [2.05, 4.69) is 0 Å². The second kappa shape index (κ2) is 24.6. The van der Waals surface area contributed by atoms with E-state index in [0.29, 0.717) is 33.0 Å². The van der Waals surface area contributed by atoms with Gasteiger partial charge in [0.15, 0.2) is 12.6 Å². The SMILES string of the molecule is CO[C@H]1OC(COC2(C)OC3C(OCc4ccccc4)[C@H](OCc4ccccc4)C(COCc4ccccc4)O[C@H]3O2)[C@@H](OCc2ccccc2)C(OCc2ccccc2)C1OCc1ccccc1. The molecule has 3 aliphatic heterocycles. The second-order valence-electron chi connectivity index (χ2n) is 17.5. The molecule has 3 aliphatic rings. The number of hydrogen-bond donors (Lipinski definition) is 0. The Balaban J connectivity index is 0.973. The van der Waals surface area contributed by atoms with Gasteiger partial charge in [-0.25, -0.2) is 0 Å². The van der Waals surface area contributed by atoms with Crippen molar-refractivity contribution >= 4 is 0 Å². The molecule has 12 nitrogen and oxygen atoms in total. The minimum absolute atomic E-state index is 0.0427. The van der Waals surface area contributed by atoms with Crippen molar-refractivity contribution in [3.8, 4) is 0 Å². The number of benzene rings is 6. The molecule has 0 N–H and O–H groups in total. The molecule has 0 amide bonds. The highest BCUT2D eigenvalue weighted by molar-refractivity contribution is 5.18. The van der Waals surface area contributed by atoms with Crippen molar-refractivity contribution in [2.75, 3.05) is 20.3 Å². The van der Waals surface area contributed by atoms with Crippen molar-refractivity contribution < 1.29 is 56.8 Å². The van der Waals surface area contributed by atoms with Crippen LogP contribution < -0.4 is 0 Å². The Morgan fingerprint density at radius 1 is 0.391 bits per heavy atom. The minimum Gasteiger partial charge on any atom is -0.374 e. The molecule has 3 heterocycles. The van der Waals surface area contributed by atoms with Crippen LogP contribution in [0.5, 0.6) is 0 Å². The van der Waals surface area contributed by atoms with Crippen molar-refractivity contribution in [3.63, 3.8) is 0 Å². The largest absolute Gasteiger partial charge is 0.374 e. The fourth-order valence-electron chi connectivity index (χ4n) is 8.88. The highest BCUT2D eigenvalue weighted by Gasteiger charge is 2.59. The van der Waals surface area contributed by atoms with Gasteiger partial charge in [0.2, 0.25) is 0 Å². The molecule has 0 saturated carbocycles. The quantitative estimate of drug-likeness (QED) is 0.0611. The van der Waals surface area contributed by atoms with Crippen molar-refractivity contribution in [1.82, 2.24) is 0 Å². The highest BCUT2D eigenvalue weighted by atomic mass is 16.9. The number of ether oxygens (including phenoxy) is 12. The third-order valence-electron chi connectivity index (χ3n) is 12.4. The molecule has 0 aromatic heterocycles. The number of fused-ring (bicyclic) bond motifs is 1. The van der Waals surface area contributed by atoms with E-state index >= 15 is 0 Å². The van der Waals surface area contributed by atoms with Crippen molar-refractivity contribution in [2.24, 2.45) is 0 Å². The van der Waals surface area contributed by atoms with Crippen LogP contribution in [0.15, 0.2) is 182 Å². The van der Waals surface area contributed by atoms with Crippen LogP contribution in [-0.2, 0) is 96.5 Å². The van der Waals surface area contributed by atoms with Crippen LogP contribution in [0.1, 0.15) is 40.3 Å². The Bertz CT molecular complexity index is 2370. The van der Waals surface area contributed by atoms with Gasteiger partial charge in [0.05, 0.1) is 52.9 Å². The van der Waals surface area contributed by atoms with E-state index in [4.69, 9.17) is 56.8 Å².